The number of nitrogens with one attached hydrogen (secondary N) is 5. The number of hydrogen-bond acceptors (Lipinski definition) is 7. The van der Waals surface area contributed by atoms with E-state index in [1.54, 1.807) is 26.0 Å². The van der Waals surface area contributed by atoms with E-state index < -0.39 is 45.9 Å². The monoisotopic (exact) mass is 621 g/mol. The molecule has 2 aromatic rings. The molecule has 0 bridgehead atoms. The number of fused-ring (bicyclic) bond motifs is 1. The van der Waals surface area contributed by atoms with Crippen LogP contribution in [0.5, 0.6) is 5.75 Å². The number of hydrogen-bond donors (Lipinski definition) is 5. The van der Waals surface area contributed by atoms with Crippen molar-refractivity contribution in [2.45, 2.75) is 51.2 Å². The van der Waals surface area contributed by atoms with Crippen LogP contribution >= 0.6 is 11.6 Å². The lowest BCUT2D eigenvalue weighted by atomic mass is 10.0. The zero-order valence-corrected chi connectivity index (χ0v) is 25.7. The van der Waals surface area contributed by atoms with Gasteiger partial charge in [-0.05, 0) is 54.5 Å². The van der Waals surface area contributed by atoms with Crippen molar-refractivity contribution < 1.29 is 27.5 Å². The molecule has 230 valence electrons. The highest BCUT2D eigenvalue weighted by molar-refractivity contribution is 7.88. The summed E-state index contributed by atoms with van der Waals surface area (Å²) in [7, 11) is -3.64. The summed E-state index contributed by atoms with van der Waals surface area (Å²) in [6.45, 7) is 4.18. The molecule has 0 aromatic heterocycles. The molecule has 0 radical (unpaired) electrons. The number of amides is 3. The van der Waals surface area contributed by atoms with E-state index in [0.29, 0.717) is 49.7 Å². The molecule has 1 aliphatic rings. The number of sulfonamides is 1. The van der Waals surface area contributed by atoms with Crippen molar-refractivity contribution in [2.24, 2.45) is 5.92 Å². The Labute approximate surface area is 252 Å². The van der Waals surface area contributed by atoms with Gasteiger partial charge in [0.1, 0.15) is 24.4 Å². The minimum absolute atomic E-state index is 0.302. The molecule has 1 heterocycles. The molecule has 2 aromatic carbocycles. The van der Waals surface area contributed by atoms with Crippen LogP contribution in [-0.4, -0.2) is 76.8 Å². The van der Waals surface area contributed by atoms with E-state index in [0.717, 1.165) is 17.4 Å². The number of benzene rings is 2. The zero-order valence-electron chi connectivity index (χ0n) is 24.1. The van der Waals surface area contributed by atoms with Gasteiger partial charge in [0.15, 0.2) is 0 Å². The Bertz CT molecular complexity index is 1320. The number of halogens is 1. The summed E-state index contributed by atoms with van der Waals surface area (Å²) in [5, 5.41) is 12.1. The third-order valence-corrected chi connectivity index (χ3v) is 7.69. The average molecular weight is 622 g/mol. The summed E-state index contributed by atoms with van der Waals surface area (Å²) in [6.07, 6.45) is 2.52. The molecule has 0 unspecified atom stereocenters. The second-order valence-electron chi connectivity index (χ2n) is 10.6. The van der Waals surface area contributed by atoms with E-state index >= 15 is 0 Å². The van der Waals surface area contributed by atoms with Crippen molar-refractivity contribution in [3.63, 3.8) is 0 Å². The number of ether oxygens (including phenoxy) is 1. The van der Waals surface area contributed by atoms with Crippen LogP contribution in [0.15, 0.2) is 48.5 Å². The number of rotatable bonds is 6. The summed E-state index contributed by atoms with van der Waals surface area (Å²) in [5.74, 6) is -1.16. The molecule has 1 aliphatic heterocycles. The maximum atomic E-state index is 13.5. The van der Waals surface area contributed by atoms with Gasteiger partial charge in [-0.3, -0.25) is 14.4 Å². The van der Waals surface area contributed by atoms with Gasteiger partial charge < -0.3 is 26.0 Å². The quantitative estimate of drug-likeness (QED) is 0.324. The van der Waals surface area contributed by atoms with Gasteiger partial charge >= 0.3 is 0 Å². The van der Waals surface area contributed by atoms with Crippen molar-refractivity contribution in [3.8, 4) is 5.75 Å². The molecule has 0 spiro atoms. The van der Waals surface area contributed by atoms with Crippen molar-refractivity contribution >= 4 is 39.3 Å². The fourth-order valence-electron chi connectivity index (χ4n) is 4.47. The molecule has 0 saturated heterocycles. The van der Waals surface area contributed by atoms with Gasteiger partial charge in [0.2, 0.25) is 27.7 Å². The van der Waals surface area contributed by atoms with Crippen molar-refractivity contribution in [3.05, 3.63) is 64.7 Å². The largest absolute Gasteiger partial charge is 0.492 e. The first-order valence-corrected chi connectivity index (χ1v) is 16.2. The summed E-state index contributed by atoms with van der Waals surface area (Å²) < 4.78 is 31.8. The van der Waals surface area contributed by atoms with Crippen LogP contribution in [0.1, 0.15) is 31.4 Å². The lowest BCUT2D eigenvalue weighted by molar-refractivity contribution is -0.133. The summed E-state index contributed by atoms with van der Waals surface area (Å²) in [4.78, 5) is 40.0. The van der Waals surface area contributed by atoms with Crippen LogP contribution in [0, 0.1) is 5.92 Å². The standard InChI is InChI=1S/C29H40ClN5O6S/c1-19(2)26-29(38)34-24(18-33-42(3,39)40)27(36)32-14-6-8-21-7-4-5-9-25(21)41-16-15-31-23(28(37)35-26)17-20-10-12-22(30)13-11-20/h4-5,7,9-13,19,23-24,26,31,33H,6,8,14-18H2,1-3H3,(H,32,36)(H,34,38)(H,35,37)/t23-,24+,26-/m1/s1. The molecule has 3 amide bonds. The molecule has 0 aliphatic carbocycles. The summed E-state index contributed by atoms with van der Waals surface area (Å²) >= 11 is 6.04. The normalized spacial score (nSPS) is 21.6. The highest BCUT2D eigenvalue weighted by Gasteiger charge is 2.31. The molecular formula is C29H40ClN5O6S. The van der Waals surface area contributed by atoms with E-state index in [9.17, 15) is 22.8 Å². The Morgan fingerprint density at radius 3 is 2.36 bits per heavy atom. The van der Waals surface area contributed by atoms with Crippen LogP contribution < -0.4 is 30.7 Å². The molecular weight excluding hydrogens is 582 g/mol. The Kier molecular flexibility index (Phi) is 12.6. The number of aryl methyl sites for hydroxylation is 1. The van der Waals surface area contributed by atoms with E-state index in [1.807, 2.05) is 36.4 Å². The topological polar surface area (TPSA) is 155 Å². The van der Waals surface area contributed by atoms with Crippen LogP contribution in [-0.2, 0) is 37.2 Å². The van der Waals surface area contributed by atoms with Gasteiger partial charge in [-0.15, -0.1) is 0 Å². The van der Waals surface area contributed by atoms with Crippen LogP contribution in [0.4, 0.5) is 0 Å². The van der Waals surface area contributed by atoms with Crippen LogP contribution in [0.25, 0.3) is 0 Å². The molecule has 13 heteroatoms. The van der Waals surface area contributed by atoms with E-state index in [4.69, 9.17) is 16.3 Å². The first-order valence-electron chi connectivity index (χ1n) is 13.9. The molecule has 3 atom stereocenters. The molecule has 3 rings (SSSR count). The van der Waals surface area contributed by atoms with Gasteiger partial charge in [0, 0.05) is 24.7 Å². The Balaban J connectivity index is 1.88. The summed E-state index contributed by atoms with van der Waals surface area (Å²) in [5.41, 5.74) is 1.83. The number of carbonyl (C=O) groups is 3. The second-order valence-corrected chi connectivity index (χ2v) is 12.9. The molecule has 5 N–H and O–H groups in total. The summed E-state index contributed by atoms with van der Waals surface area (Å²) in [6, 6.07) is 11.9. The Morgan fingerprint density at radius 2 is 1.67 bits per heavy atom. The van der Waals surface area contributed by atoms with Crippen molar-refractivity contribution in [1.82, 2.24) is 26.0 Å². The molecule has 0 fully saturated rings. The third kappa shape index (κ3) is 10.9. The highest BCUT2D eigenvalue weighted by atomic mass is 35.5. The minimum Gasteiger partial charge on any atom is -0.492 e. The molecule has 11 nitrogen and oxygen atoms in total. The predicted octanol–water partition coefficient (Wildman–Crippen LogP) is 1.16. The minimum atomic E-state index is -3.64. The first-order chi connectivity index (χ1) is 19.9. The molecule has 42 heavy (non-hydrogen) atoms. The van der Waals surface area contributed by atoms with Gasteiger partial charge in [-0.2, -0.15) is 0 Å². The highest BCUT2D eigenvalue weighted by Crippen LogP contribution is 2.19. The van der Waals surface area contributed by atoms with Gasteiger partial charge in [0.05, 0.1) is 12.3 Å². The average Bonchev–Trinajstić information content (AvgIpc) is 2.93. The van der Waals surface area contributed by atoms with Crippen LogP contribution in [0.2, 0.25) is 5.02 Å². The van der Waals surface area contributed by atoms with Gasteiger partial charge in [-0.25, -0.2) is 13.1 Å². The SMILES string of the molecule is CC(C)[C@H]1NC(=O)[C@@H](Cc2ccc(Cl)cc2)NCCOc2ccccc2CCCNC(=O)[C@H](CNS(C)(=O)=O)NC1=O. The van der Waals surface area contributed by atoms with Crippen molar-refractivity contribution in [2.75, 3.05) is 32.5 Å². The maximum absolute atomic E-state index is 13.5. The lowest BCUT2D eigenvalue weighted by Gasteiger charge is -2.27. The smallest absolute Gasteiger partial charge is 0.243 e. The van der Waals surface area contributed by atoms with Crippen molar-refractivity contribution in [1.29, 1.82) is 0 Å². The third-order valence-electron chi connectivity index (χ3n) is 6.74. The Morgan fingerprint density at radius 1 is 0.952 bits per heavy atom. The maximum Gasteiger partial charge on any atom is 0.243 e. The van der Waals surface area contributed by atoms with Crippen LogP contribution in [0.3, 0.4) is 0 Å². The lowest BCUT2D eigenvalue weighted by Crippen LogP contribution is -2.60. The van der Waals surface area contributed by atoms with E-state index in [1.165, 1.54) is 0 Å². The van der Waals surface area contributed by atoms with E-state index in [-0.39, 0.29) is 12.5 Å². The van der Waals surface area contributed by atoms with Gasteiger partial charge in [0.25, 0.3) is 0 Å². The first kappa shape index (κ1) is 33.3. The fraction of sp³-hybridized carbons (Fsp3) is 0.483. The number of carbonyl (C=O) groups excluding carboxylic acids is 3. The zero-order chi connectivity index (χ0) is 30.7. The van der Waals surface area contributed by atoms with Gasteiger partial charge in [-0.1, -0.05) is 55.8 Å². The second kappa shape index (κ2) is 15.9. The fourth-order valence-corrected chi connectivity index (χ4v) is 5.06. The Hall–Kier alpha value is -3.19. The molecule has 0 saturated carbocycles. The number of para-hydroxylation sites is 1. The van der Waals surface area contributed by atoms with E-state index in [2.05, 4.69) is 26.0 Å². The predicted molar refractivity (Wildman–Crippen MR) is 162 cm³/mol.